The number of rotatable bonds is 14. The van der Waals surface area contributed by atoms with Crippen molar-refractivity contribution < 1.29 is 9.90 Å². The highest BCUT2D eigenvalue weighted by Gasteiger charge is 1.94. The van der Waals surface area contributed by atoms with Crippen LogP contribution in [0.1, 0.15) is 64.2 Å². The third kappa shape index (κ3) is 17.9. The Morgan fingerprint density at radius 1 is 0.913 bits per heavy atom. The van der Waals surface area contributed by atoms with Gasteiger partial charge in [-0.2, -0.15) is 0 Å². The van der Waals surface area contributed by atoms with Gasteiger partial charge in [0.15, 0.2) is 0 Å². The minimum absolute atomic E-state index is 0.242. The van der Waals surface area contributed by atoms with Crippen LogP contribution in [0.25, 0.3) is 0 Å². The molecule has 0 saturated heterocycles. The van der Waals surface area contributed by atoms with Crippen molar-refractivity contribution in [2.24, 2.45) is 0 Å². The van der Waals surface area contributed by atoms with E-state index in [0.717, 1.165) is 57.1 Å². The first-order chi connectivity index (χ1) is 11.2. The number of nitrogens with one attached hydrogen (secondary N) is 1. The van der Waals surface area contributed by atoms with Gasteiger partial charge in [0.05, 0.1) is 0 Å². The van der Waals surface area contributed by atoms with Crippen molar-refractivity contribution in [1.29, 1.82) is 5.41 Å². The Morgan fingerprint density at radius 3 is 2.13 bits per heavy atom. The predicted molar refractivity (Wildman–Crippen MR) is 97.8 cm³/mol. The van der Waals surface area contributed by atoms with Gasteiger partial charge in [0.1, 0.15) is 0 Å². The number of carbonyl (C=O) groups is 1. The van der Waals surface area contributed by atoms with Gasteiger partial charge in [-0.05, 0) is 51.4 Å². The number of allylic oxidation sites excluding steroid dienone is 6. The van der Waals surface area contributed by atoms with Gasteiger partial charge < -0.3 is 10.5 Å². The molecule has 0 amide bonds. The van der Waals surface area contributed by atoms with E-state index in [2.05, 4.69) is 36.3 Å². The van der Waals surface area contributed by atoms with E-state index >= 15 is 0 Å². The molecular weight excluding hydrogens is 286 g/mol. The lowest BCUT2D eigenvalue weighted by molar-refractivity contribution is -0.137. The quantitative estimate of drug-likeness (QED) is 0.198. The Labute approximate surface area is 140 Å². The number of unbranched alkanes of at least 4 members (excludes halogenated alkanes) is 2. The van der Waals surface area contributed by atoms with E-state index in [1.165, 1.54) is 0 Å². The molecule has 0 unspecified atom stereocenters. The second-order valence-electron chi connectivity index (χ2n) is 5.37. The highest BCUT2D eigenvalue weighted by molar-refractivity contribution is 5.81. The monoisotopic (exact) mass is 315 g/mol. The highest BCUT2D eigenvalue weighted by atomic mass is 16.4. The first-order valence-electron chi connectivity index (χ1n) is 8.33. The van der Waals surface area contributed by atoms with Crippen LogP contribution in [0.4, 0.5) is 0 Å². The van der Waals surface area contributed by atoms with E-state index in [4.69, 9.17) is 16.9 Å². The smallest absolute Gasteiger partial charge is 0.303 e. The molecule has 0 bridgehead atoms. The van der Waals surface area contributed by atoms with Crippen LogP contribution in [0, 0.1) is 17.8 Å². The molecule has 0 fully saturated rings. The van der Waals surface area contributed by atoms with Crippen LogP contribution >= 0.6 is 0 Å². The maximum absolute atomic E-state index is 10.3. The summed E-state index contributed by atoms with van der Waals surface area (Å²) in [4.78, 5) is 10.3. The van der Waals surface area contributed by atoms with E-state index in [9.17, 15) is 4.79 Å². The van der Waals surface area contributed by atoms with Gasteiger partial charge in [-0.15, -0.1) is 12.3 Å². The summed E-state index contributed by atoms with van der Waals surface area (Å²) in [6, 6.07) is 0. The molecule has 0 aromatic carbocycles. The van der Waals surface area contributed by atoms with Crippen LogP contribution in [0.15, 0.2) is 36.5 Å². The molecule has 2 N–H and O–H groups in total. The van der Waals surface area contributed by atoms with E-state index < -0.39 is 5.97 Å². The van der Waals surface area contributed by atoms with Crippen LogP contribution in [0.5, 0.6) is 0 Å². The summed E-state index contributed by atoms with van der Waals surface area (Å²) in [5, 5.41) is 16.3. The minimum Gasteiger partial charge on any atom is -0.481 e. The molecule has 0 aromatic rings. The largest absolute Gasteiger partial charge is 0.481 e. The van der Waals surface area contributed by atoms with Crippen LogP contribution in [-0.2, 0) is 4.79 Å². The maximum Gasteiger partial charge on any atom is 0.303 e. The molecule has 0 atom stereocenters. The van der Waals surface area contributed by atoms with E-state index in [1.54, 1.807) is 0 Å². The van der Waals surface area contributed by atoms with E-state index in [-0.39, 0.29) is 6.42 Å². The van der Waals surface area contributed by atoms with Gasteiger partial charge in [-0.1, -0.05) is 36.5 Å². The molecule has 0 aliphatic carbocycles. The van der Waals surface area contributed by atoms with E-state index in [1.807, 2.05) is 6.08 Å². The van der Waals surface area contributed by atoms with Crippen molar-refractivity contribution in [1.82, 2.24) is 0 Å². The highest BCUT2D eigenvalue weighted by Crippen LogP contribution is 2.03. The number of terminal acetylenes is 1. The van der Waals surface area contributed by atoms with Crippen LogP contribution < -0.4 is 0 Å². The Kier molecular flexibility index (Phi) is 14.8. The normalized spacial score (nSPS) is 11.4. The van der Waals surface area contributed by atoms with Crippen LogP contribution in [-0.4, -0.2) is 16.8 Å². The number of hydrogen-bond acceptors (Lipinski definition) is 2. The second kappa shape index (κ2) is 16.3. The number of carboxylic acid groups (broad SMARTS) is 1. The van der Waals surface area contributed by atoms with Gasteiger partial charge in [-0.25, -0.2) is 0 Å². The molecule has 0 spiro atoms. The first-order valence-corrected chi connectivity index (χ1v) is 8.33. The standard InChI is InChI=1S/C20H29NO2/c1-2-3-13-16-19(21)17-14-11-9-7-5-4-6-8-10-12-15-18-20(22)23/h1,4-5,8-11,21H,3,6-7,12-18H2,(H,22,23)/b5-4-,10-8-,11-9-,21-19?. The third-order valence-corrected chi connectivity index (χ3v) is 3.22. The fraction of sp³-hybridized carbons (Fsp3) is 0.500. The molecule has 23 heavy (non-hydrogen) atoms. The lowest BCUT2D eigenvalue weighted by Gasteiger charge is -1.99. The van der Waals surface area contributed by atoms with Crippen LogP contribution in [0.2, 0.25) is 0 Å². The zero-order chi connectivity index (χ0) is 17.2. The van der Waals surface area contributed by atoms with Crippen molar-refractivity contribution in [3.63, 3.8) is 0 Å². The second-order valence-corrected chi connectivity index (χ2v) is 5.37. The molecular formula is C20H29NO2. The lowest BCUT2D eigenvalue weighted by Crippen LogP contribution is -1.94. The molecule has 126 valence electrons. The third-order valence-electron chi connectivity index (χ3n) is 3.22. The van der Waals surface area contributed by atoms with Crippen molar-refractivity contribution in [2.75, 3.05) is 0 Å². The molecule has 0 aromatic heterocycles. The SMILES string of the molecule is C#CCCCC(=N)CC/C=C\C/C=C\C/C=C\CCCC(=O)O. The summed E-state index contributed by atoms with van der Waals surface area (Å²) in [6.45, 7) is 0. The average molecular weight is 315 g/mol. The number of aliphatic carboxylic acids is 1. The van der Waals surface area contributed by atoms with Gasteiger partial charge >= 0.3 is 5.97 Å². The molecule has 0 saturated carbocycles. The first kappa shape index (κ1) is 20.9. The fourth-order valence-corrected chi connectivity index (χ4v) is 1.94. The topological polar surface area (TPSA) is 61.2 Å². The molecule has 0 radical (unpaired) electrons. The zero-order valence-electron chi connectivity index (χ0n) is 14.0. The Hall–Kier alpha value is -2.08. The number of carboxylic acids is 1. The van der Waals surface area contributed by atoms with Gasteiger partial charge in [0.2, 0.25) is 0 Å². The summed E-state index contributed by atoms with van der Waals surface area (Å²) in [5.74, 6) is 1.87. The lowest BCUT2D eigenvalue weighted by atomic mass is 10.1. The molecule has 0 rings (SSSR count). The molecule has 3 heteroatoms. The molecule has 0 aliphatic heterocycles. The van der Waals surface area contributed by atoms with E-state index in [0.29, 0.717) is 6.42 Å². The molecule has 0 heterocycles. The Balaban J connectivity index is 3.48. The van der Waals surface area contributed by atoms with Crippen molar-refractivity contribution in [3.8, 4) is 12.3 Å². The van der Waals surface area contributed by atoms with Crippen molar-refractivity contribution in [3.05, 3.63) is 36.5 Å². The summed E-state index contributed by atoms with van der Waals surface area (Å²) >= 11 is 0. The molecule has 3 nitrogen and oxygen atoms in total. The summed E-state index contributed by atoms with van der Waals surface area (Å²) < 4.78 is 0. The van der Waals surface area contributed by atoms with Crippen molar-refractivity contribution in [2.45, 2.75) is 64.2 Å². The van der Waals surface area contributed by atoms with Crippen molar-refractivity contribution >= 4 is 11.7 Å². The zero-order valence-corrected chi connectivity index (χ0v) is 14.0. The summed E-state index contributed by atoms with van der Waals surface area (Å²) in [7, 11) is 0. The summed E-state index contributed by atoms with van der Waals surface area (Å²) in [5.41, 5.74) is 0.786. The van der Waals surface area contributed by atoms with Gasteiger partial charge in [0.25, 0.3) is 0 Å². The van der Waals surface area contributed by atoms with Gasteiger partial charge in [0, 0.05) is 18.6 Å². The Bertz CT molecular complexity index is 453. The fourth-order valence-electron chi connectivity index (χ4n) is 1.94. The van der Waals surface area contributed by atoms with Crippen LogP contribution in [0.3, 0.4) is 0 Å². The predicted octanol–water partition coefficient (Wildman–Crippen LogP) is 5.29. The summed E-state index contributed by atoms with van der Waals surface area (Å²) in [6.07, 6.45) is 25.6. The van der Waals surface area contributed by atoms with Gasteiger partial charge in [-0.3, -0.25) is 4.79 Å². The minimum atomic E-state index is -0.729. The Morgan fingerprint density at radius 2 is 1.52 bits per heavy atom. The average Bonchev–Trinajstić information content (AvgIpc) is 2.51. The maximum atomic E-state index is 10.3. The number of hydrogen-bond donors (Lipinski definition) is 2. The molecule has 0 aliphatic rings.